The minimum atomic E-state index is -4.88. The summed E-state index contributed by atoms with van der Waals surface area (Å²) in [7, 11) is -4.30. The lowest BCUT2D eigenvalue weighted by Gasteiger charge is -2.34. The number of sulfonamides is 1. The standard InChI is InChI=1S/C28H27Cl3F3N3O4S/c1-3-35-27(39)25(14-18-8-5-4-6-9-18)36(16-20-22(29)10-7-11-23(20)30)26(38)17-37(42(2,40)41)19-12-13-24(31)21(15-19)28(32,33)34/h4-13,15,25H,3,14,16-17H2,1-2H3,(H,35,39). The predicted molar refractivity (Wildman–Crippen MR) is 158 cm³/mol. The van der Waals surface area contributed by atoms with Crippen LogP contribution in [0.25, 0.3) is 0 Å². The van der Waals surface area contributed by atoms with Crippen LogP contribution in [0.2, 0.25) is 15.1 Å². The second-order valence-electron chi connectivity index (χ2n) is 9.25. The van der Waals surface area contributed by atoms with Crippen molar-refractivity contribution in [2.24, 2.45) is 0 Å². The molecule has 0 aliphatic carbocycles. The Bertz CT molecular complexity index is 1520. The van der Waals surface area contributed by atoms with E-state index >= 15 is 0 Å². The van der Waals surface area contributed by atoms with Crippen LogP contribution in [0, 0.1) is 0 Å². The Kier molecular flexibility index (Phi) is 11.2. The van der Waals surface area contributed by atoms with E-state index < -0.39 is 56.9 Å². The van der Waals surface area contributed by atoms with E-state index in [0.717, 1.165) is 23.3 Å². The molecule has 0 aliphatic heterocycles. The summed E-state index contributed by atoms with van der Waals surface area (Å²) in [5.74, 6) is -1.42. The molecule has 3 rings (SSSR count). The molecule has 0 aliphatic rings. The third-order valence-electron chi connectivity index (χ3n) is 6.23. The van der Waals surface area contributed by atoms with Crippen molar-refractivity contribution in [2.75, 3.05) is 23.7 Å². The largest absolute Gasteiger partial charge is 0.417 e. The van der Waals surface area contributed by atoms with Crippen LogP contribution in [0.3, 0.4) is 0 Å². The predicted octanol–water partition coefficient (Wildman–Crippen LogP) is 6.21. The van der Waals surface area contributed by atoms with Gasteiger partial charge in [0, 0.05) is 35.1 Å². The molecule has 226 valence electrons. The number of halogens is 6. The van der Waals surface area contributed by atoms with Gasteiger partial charge in [-0.15, -0.1) is 0 Å². The summed E-state index contributed by atoms with van der Waals surface area (Å²) in [6.45, 7) is 0.709. The third kappa shape index (κ3) is 8.53. The highest BCUT2D eigenvalue weighted by Gasteiger charge is 2.36. The number of anilines is 1. The number of nitrogens with zero attached hydrogens (tertiary/aromatic N) is 2. The molecule has 1 N–H and O–H groups in total. The summed E-state index contributed by atoms with van der Waals surface area (Å²) in [6.07, 6.45) is -4.09. The van der Waals surface area contributed by atoms with Gasteiger partial charge in [0.15, 0.2) is 0 Å². The zero-order valence-corrected chi connectivity index (χ0v) is 25.5. The number of amides is 2. The lowest BCUT2D eigenvalue weighted by molar-refractivity contribution is -0.140. The quantitative estimate of drug-likeness (QED) is 0.264. The number of carbonyl (C=O) groups is 2. The Morgan fingerprint density at radius 2 is 1.55 bits per heavy atom. The van der Waals surface area contributed by atoms with E-state index in [1.165, 1.54) is 0 Å². The van der Waals surface area contributed by atoms with E-state index in [0.29, 0.717) is 21.5 Å². The molecule has 1 unspecified atom stereocenters. The van der Waals surface area contributed by atoms with E-state index in [4.69, 9.17) is 34.8 Å². The van der Waals surface area contributed by atoms with Gasteiger partial charge in [0.25, 0.3) is 0 Å². The number of alkyl halides is 3. The highest BCUT2D eigenvalue weighted by atomic mass is 35.5. The molecular formula is C28H27Cl3F3N3O4S. The van der Waals surface area contributed by atoms with Gasteiger partial charge in [-0.05, 0) is 42.8 Å². The number of likely N-dealkylation sites (N-methyl/N-ethyl adjacent to an activating group) is 1. The molecular weight excluding hydrogens is 638 g/mol. The molecule has 3 aromatic rings. The molecule has 2 amide bonds. The van der Waals surface area contributed by atoms with Gasteiger partial charge in [0.2, 0.25) is 21.8 Å². The van der Waals surface area contributed by atoms with E-state index in [9.17, 15) is 31.2 Å². The minimum Gasteiger partial charge on any atom is -0.355 e. The normalized spacial score (nSPS) is 12.5. The number of nitrogens with one attached hydrogen (secondary N) is 1. The lowest BCUT2D eigenvalue weighted by Crippen LogP contribution is -2.53. The molecule has 0 spiro atoms. The SMILES string of the molecule is CCNC(=O)C(Cc1ccccc1)N(Cc1c(Cl)cccc1Cl)C(=O)CN(c1ccc(Cl)c(C(F)(F)F)c1)S(C)(=O)=O. The third-order valence-corrected chi connectivity index (χ3v) is 8.41. The zero-order valence-electron chi connectivity index (χ0n) is 22.5. The number of hydrogen-bond acceptors (Lipinski definition) is 4. The molecule has 14 heteroatoms. The van der Waals surface area contributed by atoms with Gasteiger partial charge in [-0.1, -0.05) is 71.2 Å². The van der Waals surface area contributed by atoms with Crippen molar-refractivity contribution in [1.29, 1.82) is 0 Å². The molecule has 0 aromatic heterocycles. The van der Waals surface area contributed by atoms with E-state index in [1.807, 2.05) is 0 Å². The van der Waals surface area contributed by atoms with Gasteiger partial charge in [-0.2, -0.15) is 13.2 Å². The van der Waals surface area contributed by atoms with Crippen molar-refractivity contribution < 1.29 is 31.2 Å². The monoisotopic (exact) mass is 663 g/mol. The highest BCUT2D eigenvalue weighted by molar-refractivity contribution is 7.92. The summed E-state index contributed by atoms with van der Waals surface area (Å²) in [4.78, 5) is 28.5. The Morgan fingerprint density at radius 1 is 0.929 bits per heavy atom. The van der Waals surface area contributed by atoms with Crippen molar-refractivity contribution in [3.63, 3.8) is 0 Å². The molecule has 0 saturated heterocycles. The fourth-order valence-corrected chi connectivity index (χ4v) is 5.78. The zero-order chi connectivity index (χ0) is 31.2. The van der Waals surface area contributed by atoms with Crippen LogP contribution in [0.1, 0.15) is 23.6 Å². The molecule has 3 aromatic carbocycles. The fourth-order valence-electron chi connectivity index (χ4n) is 4.20. The molecule has 0 bridgehead atoms. The first-order chi connectivity index (χ1) is 19.6. The van der Waals surface area contributed by atoms with Gasteiger partial charge >= 0.3 is 6.18 Å². The van der Waals surface area contributed by atoms with Crippen molar-refractivity contribution >= 4 is 62.3 Å². The summed E-state index contributed by atoms with van der Waals surface area (Å²) in [5, 5.41) is 2.45. The Morgan fingerprint density at radius 3 is 2.10 bits per heavy atom. The maximum absolute atomic E-state index is 14.0. The second kappa shape index (κ2) is 14.0. The highest BCUT2D eigenvalue weighted by Crippen LogP contribution is 2.37. The fraction of sp³-hybridized carbons (Fsp3) is 0.286. The van der Waals surface area contributed by atoms with Crippen LogP contribution in [-0.2, 0) is 38.8 Å². The molecule has 7 nitrogen and oxygen atoms in total. The van der Waals surface area contributed by atoms with Crippen molar-refractivity contribution in [2.45, 2.75) is 32.1 Å². The molecule has 1 atom stereocenters. The van der Waals surface area contributed by atoms with Crippen LogP contribution in [0.15, 0.2) is 66.7 Å². The average molecular weight is 665 g/mol. The summed E-state index contributed by atoms with van der Waals surface area (Å²) < 4.78 is 66.9. The first kappa shape index (κ1) is 33.5. The number of rotatable bonds is 11. The number of hydrogen-bond donors (Lipinski definition) is 1. The molecule has 0 heterocycles. The average Bonchev–Trinajstić information content (AvgIpc) is 2.90. The smallest absolute Gasteiger partial charge is 0.355 e. The minimum absolute atomic E-state index is 0.0402. The summed E-state index contributed by atoms with van der Waals surface area (Å²) in [6, 6.07) is 14.8. The van der Waals surface area contributed by atoms with Crippen LogP contribution in [0.5, 0.6) is 0 Å². The van der Waals surface area contributed by atoms with E-state index in [1.54, 1.807) is 55.5 Å². The Labute approximate surface area is 257 Å². The molecule has 0 fully saturated rings. The number of benzene rings is 3. The van der Waals surface area contributed by atoms with Crippen molar-refractivity contribution in [1.82, 2.24) is 10.2 Å². The summed E-state index contributed by atoms with van der Waals surface area (Å²) in [5.41, 5.74) is -0.708. The van der Waals surface area contributed by atoms with Gasteiger partial charge in [-0.25, -0.2) is 8.42 Å². The van der Waals surface area contributed by atoms with E-state index in [-0.39, 0.29) is 29.6 Å². The maximum Gasteiger partial charge on any atom is 0.417 e. The van der Waals surface area contributed by atoms with Crippen LogP contribution >= 0.6 is 34.8 Å². The lowest BCUT2D eigenvalue weighted by atomic mass is 10.0. The second-order valence-corrected chi connectivity index (χ2v) is 12.4. The molecule has 0 radical (unpaired) electrons. The number of carbonyl (C=O) groups excluding carboxylic acids is 2. The van der Waals surface area contributed by atoms with Crippen LogP contribution in [0.4, 0.5) is 18.9 Å². The first-order valence-corrected chi connectivity index (χ1v) is 15.5. The molecule has 0 saturated carbocycles. The summed E-state index contributed by atoms with van der Waals surface area (Å²) >= 11 is 18.5. The van der Waals surface area contributed by atoms with Crippen molar-refractivity contribution in [3.05, 3.63) is 98.5 Å². The van der Waals surface area contributed by atoms with Gasteiger partial charge in [0.1, 0.15) is 12.6 Å². The molecule has 42 heavy (non-hydrogen) atoms. The van der Waals surface area contributed by atoms with Gasteiger partial charge < -0.3 is 10.2 Å². The Balaban J connectivity index is 2.13. The van der Waals surface area contributed by atoms with Crippen LogP contribution in [-0.4, -0.2) is 50.5 Å². The Hall–Kier alpha value is -2.99. The van der Waals surface area contributed by atoms with Gasteiger partial charge in [-0.3, -0.25) is 13.9 Å². The van der Waals surface area contributed by atoms with Crippen LogP contribution < -0.4 is 9.62 Å². The maximum atomic E-state index is 14.0. The van der Waals surface area contributed by atoms with E-state index in [2.05, 4.69) is 5.32 Å². The van der Waals surface area contributed by atoms with Gasteiger partial charge in [0.05, 0.1) is 22.5 Å². The topological polar surface area (TPSA) is 86.8 Å². The first-order valence-electron chi connectivity index (χ1n) is 12.5. The van der Waals surface area contributed by atoms with Crippen molar-refractivity contribution in [3.8, 4) is 0 Å².